The molecule has 0 saturated carbocycles. The smallest absolute Gasteiger partial charge is 0.163 e. The number of nitrogens with one attached hydrogen (secondary N) is 1. The zero-order chi connectivity index (χ0) is 17.9. The number of hydrogen-bond acceptors (Lipinski definition) is 7. The molecule has 4 heterocycles. The van der Waals surface area contributed by atoms with Crippen LogP contribution in [0.3, 0.4) is 0 Å². The average Bonchev–Trinajstić information content (AvgIpc) is 2.93. The van der Waals surface area contributed by atoms with E-state index in [0.717, 1.165) is 54.7 Å². The molecule has 0 fully saturated rings. The van der Waals surface area contributed by atoms with E-state index in [1.807, 2.05) is 37.0 Å². The number of aryl methyl sites for hydroxylation is 1. The van der Waals surface area contributed by atoms with Gasteiger partial charge in [-0.1, -0.05) is 0 Å². The highest BCUT2D eigenvalue weighted by atomic mass is 15.3. The van der Waals surface area contributed by atoms with E-state index in [-0.39, 0.29) is 0 Å². The van der Waals surface area contributed by atoms with Gasteiger partial charge in [-0.2, -0.15) is 0 Å². The summed E-state index contributed by atoms with van der Waals surface area (Å²) in [5.74, 6) is 2.58. The minimum absolute atomic E-state index is 0.639. The second-order valence-electron chi connectivity index (χ2n) is 6.50. The molecular formula is C18H22N8. The van der Waals surface area contributed by atoms with E-state index in [9.17, 15) is 0 Å². The van der Waals surface area contributed by atoms with Crippen molar-refractivity contribution in [2.75, 3.05) is 25.0 Å². The molecule has 0 radical (unpaired) electrons. The molecule has 3 aromatic heterocycles. The number of fused-ring (bicyclic) bond motifs is 1. The monoisotopic (exact) mass is 350 g/mol. The molecule has 1 aliphatic rings. The predicted molar refractivity (Wildman–Crippen MR) is 98.7 cm³/mol. The van der Waals surface area contributed by atoms with Gasteiger partial charge in [-0.05, 0) is 25.1 Å². The Hall–Kier alpha value is -2.87. The summed E-state index contributed by atoms with van der Waals surface area (Å²) in [6.45, 7) is 2.51. The largest absolute Gasteiger partial charge is 0.352 e. The zero-order valence-corrected chi connectivity index (χ0v) is 15.1. The van der Waals surface area contributed by atoms with Gasteiger partial charge in [-0.15, -0.1) is 10.2 Å². The van der Waals surface area contributed by atoms with Gasteiger partial charge >= 0.3 is 0 Å². The van der Waals surface area contributed by atoms with Crippen LogP contribution in [0.15, 0.2) is 30.9 Å². The summed E-state index contributed by atoms with van der Waals surface area (Å²) in [4.78, 5) is 16.1. The van der Waals surface area contributed by atoms with Crippen LogP contribution >= 0.6 is 0 Å². The minimum atomic E-state index is 0.639. The molecule has 0 atom stereocenters. The van der Waals surface area contributed by atoms with Gasteiger partial charge in [0.2, 0.25) is 0 Å². The Morgan fingerprint density at radius 2 is 2.12 bits per heavy atom. The summed E-state index contributed by atoms with van der Waals surface area (Å²) in [5.41, 5.74) is 3.26. The number of aromatic nitrogens is 6. The van der Waals surface area contributed by atoms with E-state index < -0.39 is 0 Å². The number of rotatable bonds is 4. The summed E-state index contributed by atoms with van der Waals surface area (Å²) >= 11 is 0. The molecule has 0 bridgehead atoms. The first kappa shape index (κ1) is 16.6. The standard InChI is InChI=1S/C18H22N8/c1-25(11-16-24-21-12-26(16)2)18-14-5-8-19-9-6-15(14)22-17(23-18)13-4-3-7-20-10-13/h3-4,7,10,12,19H,5-6,8-9,11H2,1-2H3. The fourth-order valence-corrected chi connectivity index (χ4v) is 3.20. The maximum atomic E-state index is 4.90. The Balaban J connectivity index is 1.77. The summed E-state index contributed by atoms with van der Waals surface area (Å²) < 4.78 is 1.93. The van der Waals surface area contributed by atoms with Crippen molar-refractivity contribution < 1.29 is 0 Å². The van der Waals surface area contributed by atoms with Crippen LogP contribution in [0, 0.1) is 0 Å². The molecule has 8 heteroatoms. The Morgan fingerprint density at radius 1 is 1.23 bits per heavy atom. The van der Waals surface area contributed by atoms with Crippen molar-refractivity contribution in [3.8, 4) is 11.4 Å². The minimum Gasteiger partial charge on any atom is -0.352 e. The van der Waals surface area contributed by atoms with Gasteiger partial charge in [0.25, 0.3) is 0 Å². The third kappa shape index (κ3) is 3.28. The highest BCUT2D eigenvalue weighted by Crippen LogP contribution is 2.27. The van der Waals surface area contributed by atoms with Crippen LogP contribution in [0.1, 0.15) is 17.1 Å². The first-order chi connectivity index (χ1) is 12.7. The maximum absolute atomic E-state index is 4.90. The number of pyridine rings is 1. The van der Waals surface area contributed by atoms with E-state index in [1.54, 1.807) is 12.5 Å². The molecule has 0 aliphatic carbocycles. The number of nitrogens with zero attached hydrogens (tertiary/aromatic N) is 7. The lowest BCUT2D eigenvalue weighted by Crippen LogP contribution is -2.23. The second-order valence-corrected chi connectivity index (χ2v) is 6.50. The Morgan fingerprint density at radius 3 is 2.88 bits per heavy atom. The molecule has 0 spiro atoms. The van der Waals surface area contributed by atoms with Crippen LogP contribution in [-0.2, 0) is 26.4 Å². The van der Waals surface area contributed by atoms with E-state index in [0.29, 0.717) is 6.54 Å². The Kier molecular flexibility index (Phi) is 4.57. The zero-order valence-electron chi connectivity index (χ0n) is 15.1. The van der Waals surface area contributed by atoms with Crippen molar-refractivity contribution in [2.24, 2.45) is 7.05 Å². The Labute approximate surface area is 152 Å². The molecule has 0 unspecified atom stereocenters. The summed E-state index contributed by atoms with van der Waals surface area (Å²) in [5, 5.41) is 11.6. The second kappa shape index (κ2) is 7.17. The highest BCUT2D eigenvalue weighted by Gasteiger charge is 2.20. The summed E-state index contributed by atoms with van der Waals surface area (Å²) in [7, 11) is 4.00. The van der Waals surface area contributed by atoms with Gasteiger partial charge in [0, 0.05) is 50.6 Å². The van der Waals surface area contributed by atoms with Crippen molar-refractivity contribution in [3.63, 3.8) is 0 Å². The molecule has 1 aliphatic heterocycles. The summed E-state index contributed by atoms with van der Waals surface area (Å²) in [6.07, 6.45) is 7.10. The molecule has 0 saturated heterocycles. The van der Waals surface area contributed by atoms with Gasteiger partial charge in [0.05, 0.1) is 12.2 Å². The normalized spacial score (nSPS) is 13.9. The van der Waals surface area contributed by atoms with Crippen molar-refractivity contribution in [3.05, 3.63) is 47.9 Å². The topological polar surface area (TPSA) is 84.7 Å². The van der Waals surface area contributed by atoms with Crippen LogP contribution in [0.25, 0.3) is 11.4 Å². The molecule has 26 heavy (non-hydrogen) atoms. The van der Waals surface area contributed by atoms with Gasteiger partial charge in [0.1, 0.15) is 12.1 Å². The fourth-order valence-electron chi connectivity index (χ4n) is 3.20. The molecule has 134 valence electrons. The van der Waals surface area contributed by atoms with Gasteiger partial charge in [-0.25, -0.2) is 9.97 Å². The number of hydrogen-bond donors (Lipinski definition) is 1. The van der Waals surface area contributed by atoms with Crippen LogP contribution in [0.2, 0.25) is 0 Å². The maximum Gasteiger partial charge on any atom is 0.163 e. The predicted octanol–water partition coefficient (Wildman–Crippen LogP) is 0.992. The van der Waals surface area contributed by atoms with Crippen LogP contribution < -0.4 is 10.2 Å². The van der Waals surface area contributed by atoms with Crippen LogP contribution in [0.5, 0.6) is 0 Å². The SMILES string of the molecule is CN(Cc1nncn1C)c1nc(-c2cccnc2)nc2c1CCNCC2. The molecule has 8 nitrogen and oxygen atoms in total. The molecule has 1 N–H and O–H groups in total. The van der Waals surface area contributed by atoms with E-state index in [4.69, 9.17) is 9.97 Å². The molecule has 0 aromatic carbocycles. The Bertz CT molecular complexity index is 889. The van der Waals surface area contributed by atoms with E-state index >= 15 is 0 Å². The quantitative estimate of drug-likeness (QED) is 0.751. The van der Waals surface area contributed by atoms with Gasteiger partial charge in [-0.3, -0.25) is 4.98 Å². The van der Waals surface area contributed by atoms with Crippen LogP contribution in [0.4, 0.5) is 5.82 Å². The first-order valence-electron chi connectivity index (χ1n) is 8.77. The average molecular weight is 350 g/mol. The molecule has 3 aromatic rings. The lowest BCUT2D eigenvalue weighted by Gasteiger charge is -2.22. The van der Waals surface area contributed by atoms with Gasteiger partial charge in [0.15, 0.2) is 11.6 Å². The third-order valence-corrected chi connectivity index (χ3v) is 4.63. The van der Waals surface area contributed by atoms with Crippen molar-refractivity contribution in [1.82, 2.24) is 35.0 Å². The molecule has 4 rings (SSSR count). The summed E-state index contributed by atoms with van der Waals surface area (Å²) in [6, 6.07) is 3.91. The van der Waals surface area contributed by atoms with E-state index in [2.05, 4.69) is 25.4 Å². The van der Waals surface area contributed by atoms with E-state index in [1.165, 1.54) is 5.56 Å². The molecule has 0 amide bonds. The van der Waals surface area contributed by atoms with Crippen molar-refractivity contribution >= 4 is 5.82 Å². The van der Waals surface area contributed by atoms with Crippen molar-refractivity contribution in [1.29, 1.82) is 0 Å². The van der Waals surface area contributed by atoms with Gasteiger partial charge < -0.3 is 14.8 Å². The third-order valence-electron chi connectivity index (χ3n) is 4.63. The fraction of sp³-hybridized carbons (Fsp3) is 0.389. The van der Waals surface area contributed by atoms with Crippen LogP contribution in [-0.4, -0.2) is 49.9 Å². The lowest BCUT2D eigenvalue weighted by atomic mass is 10.1. The first-order valence-corrected chi connectivity index (χ1v) is 8.77. The number of anilines is 1. The molecular weight excluding hydrogens is 328 g/mol. The highest BCUT2D eigenvalue weighted by molar-refractivity contribution is 5.60. The van der Waals surface area contributed by atoms with Crippen molar-refractivity contribution in [2.45, 2.75) is 19.4 Å². The lowest BCUT2D eigenvalue weighted by molar-refractivity contribution is 0.707.